The van der Waals surface area contributed by atoms with Crippen LogP contribution in [0.3, 0.4) is 0 Å². The van der Waals surface area contributed by atoms with Gasteiger partial charge in [-0.25, -0.2) is 25.9 Å². The minimum atomic E-state index is -4.16. The molecule has 10 heteroatoms. The van der Waals surface area contributed by atoms with Crippen LogP contribution in [0.2, 0.25) is 0 Å². The van der Waals surface area contributed by atoms with Gasteiger partial charge in [-0.3, -0.25) is 4.21 Å². The van der Waals surface area contributed by atoms with Crippen LogP contribution < -0.4 is 4.72 Å². The first-order chi connectivity index (χ1) is 9.54. The molecule has 0 saturated heterocycles. The number of hydrogen-bond acceptors (Lipinski definition) is 5. The molecule has 1 rings (SSSR count). The fraction of sp³-hybridized carbons (Fsp3) is 0.455. The molecule has 1 aromatic rings. The lowest BCUT2D eigenvalue weighted by Gasteiger charge is -2.08. The van der Waals surface area contributed by atoms with Crippen LogP contribution in [0.1, 0.15) is 6.42 Å². The fourth-order valence-electron chi connectivity index (χ4n) is 1.48. The predicted molar refractivity (Wildman–Crippen MR) is 78.2 cm³/mol. The molecule has 0 heterocycles. The molecule has 0 spiro atoms. The summed E-state index contributed by atoms with van der Waals surface area (Å²) < 4.78 is 73.3. The maximum absolute atomic E-state index is 13.6. The summed E-state index contributed by atoms with van der Waals surface area (Å²) >= 11 is 0. The number of nitrogens with one attached hydrogen (secondary N) is 1. The third kappa shape index (κ3) is 5.46. The van der Waals surface area contributed by atoms with Crippen LogP contribution in [0.5, 0.6) is 0 Å². The van der Waals surface area contributed by atoms with Crippen LogP contribution in [0, 0.1) is 5.82 Å². The molecule has 1 unspecified atom stereocenters. The number of benzene rings is 1. The zero-order valence-electron chi connectivity index (χ0n) is 11.5. The molecule has 0 amide bonds. The van der Waals surface area contributed by atoms with Gasteiger partial charge in [0, 0.05) is 35.6 Å². The van der Waals surface area contributed by atoms with Crippen molar-refractivity contribution in [3.8, 4) is 0 Å². The second kappa shape index (κ2) is 6.95. The third-order valence-electron chi connectivity index (χ3n) is 2.52. The SMILES string of the molecule is CS(=O)CCCNS(=O)(=O)c1cc(S(C)(=O)=O)ccc1F. The van der Waals surface area contributed by atoms with Crippen molar-refractivity contribution in [1.29, 1.82) is 0 Å². The quantitative estimate of drug-likeness (QED) is 0.558. The number of rotatable bonds is 7. The van der Waals surface area contributed by atoms with Gasteiger partial charge in [0.15, 0.2) is 9.84 Å². The van der Waals surface area contributed by atoms with Gasteiger partial charge < -0.3 is 0 Å². The van der Waals surface area contributed by atoms with Gasteiger partial charge in [0.05, 0.1) is 4.90 Å². The van der Waals surface area contributed by atoms with Gasteiger partial charge in [-0.15, -0.1) is 0 Å². The summed E-state index contributed by atoms with van der Waals surface area (Å²) in [4.78, 5) is -0.998. The van der Waals surface area contributed by atoms with E-state index in [1.165, 1.54) is 6.26 Å². The molecular weight excluding hydrogens is 341 g/mol. The Labute approximate surface area is 126 Å². The molecule has 6 nitrogen and oxygen atoms in total. The van der Waals surface area contributed by atoms with Gasteiger partial charge in [0.25, 0.3) is 0 Å². The van der Waals surface area contributed by atoms with Crippen molar-refractivity contribution in [3.05, 3.63) is 24.0 Å². The average molecular weight is 357 g/mol. The summed E-state index contributed by atoms with van der Waals surface area (Å²) in [5.41, 5.74) is 0. The first-order valence-corrected chi connectivity index (χ1v) is 10.9. The van der Waals surface area contributed by atoms with Crippen LogP contribution in [0.4, 0.5) is 4.39 Å². The number of halogens is 1. The summed E-state index contributed by atoms with van der Waals surface area (Å²) in [6.07, 6.45) is 2.72. The van der Waals surface area contributed by atoms with E-state index in [1.807, 2.05) is 0 Å². The zero-order chi connectivity index (χ0) is 16.3. The van der Waals surface area contributed by atoms with Gasteiger partial charge in [0.2, 0.25) is 10.0 Å². The molecule has 0 saturated carbocycles. The van der Waals surface area contributed by atoms with Gasteiger partial charge >= 0.3 is 0 Å². The highest BCUT2D eigenvalue weighted by Crippen LogP contribution is 2.19. The first-order valence-electron chi connectivity index (χ1n) is 5.83. The van der Waals surface area contributed by atoms with E-state index in [0.29, 0.717) is 12.2 Å². The minimum absolute atomic E-state index is 0.00947. The summed E-state index contributed by atoms with van der Waals surface area (Å²) in [7, 11) is -8.84. The monoisotopic (exact) mass is 357 g/mol. The van der Waals surface area contributed by atoms with Crippen molar-refractivity contribution in [1.82, 2.24) is 4.72 Å². The maximum Gasteiger partial charge on any atom is 0.243 e. The Morgan fingerprint density at radius 1 is 1.24 bits per heavy atom. The van der Waals surface area contributed by atoms with Crippen LogP contribution in [-0.4, -0.2) is 45.9 Å². The Kier molecular flexibility index (Phi) is 6.02. The van der Waals surface area contributed by atoms with E-state index in [-0.39, 0.29) is 11.4 Å². The van der Waals surface area contributed by atoms with Gasteiger partial charge in [-0.1, -0.05) is 0 Å². The van der Waals surface area contributed by atoms with E-state index in [2.05, 4.69) is 4.72 Å². The molecule has 1 aromatic carbocycles. The average Bonchev–Trinajstić information content (AvgIpc) is 2.33. The highest BCUT2D eigenvalue weighted by atomic mass is 32.2. The summed E-state index contributed by atoms with van der Waals surface area (Å²) in [5, 5.41) is 0. The predicted octanol–water partition coefficient (Wildman–Crippen LogP) is 0.276. The van der Waals surface area contributed by atoms with Crippen LogP contribution >= 0.6 is 0 Å². The maximum atomic E-state index is 13.6. The molecule has 0 fully saturated rings. The molecule has 0 aliphatic heterocycles. The number of hydrogen-bond donors (Lipinski definition) is 1. The topological polar surface area (TPSA) is 97.4 Å². The van der Waals surface area contributed by atoms with Crippen molar-refractivity contribution in [2.24, 2.45) is 0 Å². The Bertz CT molecular complexity index is 743. The fourth-order valence-corrected chi connectivity index (χ4v) is 3.93. The third-order valence-corrected chi connectivity index (χ3v) is 5.97. The lowest BCUT2D eigenvalue weighted by atomic mass is 10.3. The Morgan fingerprint density at radius 2 is 1.86 bits per heavy atom. The van der Waals surface area contributed by atoms with Crippen molar-refractivity contribution in [2.75, 3.05) is 24.8 Å². The van der Waals surface area contributed by atoms with E-state index < -0.39 is 41.4 Å². The lowest BCUT2D eigenvalue weighted by molar-refractivity contribution is 0.554. The Balaban J connectivity index is 3.00. The van der Waals surface area contributed by atoms with E-state index >= 15 is 0 Å². The number of sulfonamides is 1. The Morgan fingerprint density at radius 3 is 2.38 bits per heavy atom. The second-order valence-corrected chi connectivity index (χ2v) is 9.70. The molecule has 0 aliphatic rings. The molecule has 21 heavy (non-hydrogen) atoms. The highest BCUT2D eigenvalue weighted by Gasteiger charge is 2.21. The van der Waals surface area contributed by atoms with Crippen LogP contribution in [-0.2, 0) is 30.7 Å². The molecule has 0 radical (unpaired) electrons. The first kappa shape index (κ1) is 18.2. The van der Waals surface area contributed by atoms with E-state index in [4.69, 9.17) is 0 Å². The van der Waals surface area contributed by atoms with Gasteiger partial charge in [-0.05, 0) is 24.6 Å². The molecule has 0 aromatic heterocycles. The largest absolute Gasteiger partial charge is 0.260 e. The lowest BCUT2D eigenvalue weighted by Crippen LogP contribution is -2.26. The number of sulfone groups is 1. The Hall–Kier alpha value is -0.840. The smallest absolute Gasteiger partial charge is 0.243 e. The molecule has 120 valence electrons. The van der Waals surface area contributed by atoms with Crippen LogP contribution in [0.15, 0.2) is 28.0 Å². The van der Waals surface area contributed by atoms with Gasteiger partial charge in [0.1, 0.15) is 10.7 Å². The molecule has 0 bridgehead atoms. The molecule has 1 atom stereocenters. The zero-order valence-corrected chi connectivity index (χ0v) is 13.9. The molecule has 0 aliphatic carbocycles. The van der Waals surface area contributed by atoms with Crippen molar-refractivity contribution >= 4 is 30.7 Å². The van der Waals surface area contributed by atoms with Crippen molar-refractivity contribution < 1.29 is 25.4 Å². The summed E-state index contributed by atoms with van der Waals surface area (Å²) in [6.45, 7) is -0.00947. The van der Waals surface area contributed by atoms with E-state index in [1.54, 1.807) is 0 Å². The molecular formula is C11H16FNO5S3. The highest BCUT2D eigenvalue weighted by molar-refractivity contribution is 7.91. The normalized spacial score (nSPS) is 14.0. The van der Waals surface area contributed by atoms with Crippen LogP contribution in [0.25, 0.3) is 0 Å². The van der Waals surface area contributed by atoms with Crippen molar-refractivity contribution in [3.63, 3.8) is 0 Å². The second-order valence-electron chi connectivity index (χ2n) is 4.39. The van der Waals surface area contributed by atoms with Gasteiger partial charge in [-0.2, -0.15) is 0 Å². The van der Waals surface area contributed by atoms with Crippen molar-refractivity contribution in [2.45, 2.75) is 16.2 Å². The summed E-state index contributed by atoms with van der Waals surface area (Å²) in [6, 6.07) is 2.58. The van der Waals surface area contributed by atoms with E-state index in [9.17, 15) is 25.4 Å². The van der Waals surface area contributed by atoms with E-state index in [0.717, 1.165) is 24.5 Å². The summed E-state index contributed by atoms with van der Waals surface area (Å²) in [5.74, 6) is -0.719. The minimum Gasteiger partial charge on any atom is -0.260 e. The standard InChI is InChI=1S/C11H16FNO5S3/c1-19(14)7-3-6-13-21(17,18)11-8-9(20(2,15)16)4-5-10(11)12/h4-5,8,13H,3,6-7H2,1-2H3. The molecule has 1 N–H and O–H groups in total.